The third-order valence-electron chi connectivity index (χ3n) is 4.74. The Balaban J connectivity index is 0.00000243. The molecule has 0 saturated carbocycles. The van der Waals surface area contributed by atoms with Crippen molar-refractivity contribution in [2.24, 2.45) is 5.92 Å². The predicted molar refractivity (Wildman–Crippen MR) is 97.0 cm³/mol. The van der Waals surface area contributed by atoms with E-state index in [1.165, 1.54) is 4.31 Å². The van der Waals surface area contributed by atoms with E-state index in [1.54, 1.807) is 0 Å². The van der Waals surface area contributed by atoms with E-state index < -0.39 is 15.8 Å². The van der Waals surface area contributed by atoms with Crippen LogP contribution in [0.5, 0.6) is 0 Å². The highest BCUT2D eigenvalue weighted by molar-refractivity contribution is 7.89. The van der Waals surface area contributed by atoms with E-state index in [4.69, 9.17) is 0 Å². The first-order valence-corrected chi connectivity index (χ1v) is 10.0. The summed E-state index contributed by atoms with van der Waals surface area (Å²) in [6.07, 6.45) is 5.54. The largest absolute Gasteiger partial charge is 0.354 e. The van der Waals surface area contributed by atoms with Gasteiger partial charge >= 0.3 is 0 Å². The maximum Gasteiger partial charge on any atom is 0.244 e. The van der Waals surface area contributed by atoms with E-state index in [-0.39, 0.29) is 35.2 Å². The third kappa shape index (κ3) is 4.91. The van der Waals surface area contributed by atoms with Crippen molar-refractivity contribution in [2.75, 3.05) is 26.2 Å². The lowest BCUT2D eigenvalue weighted by Gasteiger charge is -2.32. The lowest BCUT2D eigenvalue weighted by Crippen LogP contribution is -2.46. The average Bonchev–Trinajstić information content (AvgIpc) is 3.15. The number of nitrogens with zero attached hydrogens (tertiary/aromatic N) is 2. The van der Waals surface area contributed by atoms with Crippen LogP contribution in [0.25, 0.3) is 0 Å². The zero-order chi connectivity index (χ0) is 17.9. The number of sulfonamides is 1. The topological polar surface area (TPSA) is 91.4 Å². The number of aromatic nitrogens is 1. The number of carbonyl (C=O) groups is 1. The molecule has 146 valence electrons. The number of amides is 1. The van der Waals surface area contributed by atoms with Crippen LogP contribution in [0.4, 0.5) is 4.39 Å². The molecule has 1 aromatic rings. The molecular formula is C16H24ClFN4O3S. The van der Waals surface area contributed by atoms with Gasteiger partial charge in [-0.25, -0.2) is 12.8 Å². The molecule has 2 unspecified atom stereocenters. The maximum absolute atomic E-state index is 13.3. The molecule has 0 spiro atoms. The van der Waals surface area contributed by atoms with E-state index in [0.29, 0.717) is 26.1 Å². The fraction of sp³-hybridized carbons (Fsp3) is 0.625. The molecule has 2 N–H and O–H groups in total. The van der Waals surface area contributed by atoms with Crippen molar-refractivity contribution in [3.05, 3.63) is 24.3 Å². The van der Waals surface area contributed by atoms with Gasteiger partial charge in [0.1, 0.15) is 10.7 Å². The zero-order valence-corrected chi connectivity index (χ0v) is 16.0. The van der Waals surface area contributed by atoms with Crippen LogP contribution in [0, 0.1) is 11.7 Å². The predicted octanol–water partition coefficient (Wildman–Crippen LogP) is 0.911. The molecule has 2 aliphatic rings. The Kier molecular flexibility index (Phi) is 7.33. The van der Waals surface area contributed by atoms with Gasteiger partial charge in [0.2, 0.25) is 15.9 Å². The lowest BCUT2D eigenvalue weighted by molar-refractivity contribution is -0.123. The summed E-state index contributed by atoms with van der Waals surface area (Å²) in [4.78, 5) is 15.6. The molecule has 0 aliphatic carbocycles. The summed E-state index contributed by atoms with van der Waals surface area (Å²) < 4.78 is 40.0. The van der Waals surface area contributed by atoms with Crippen molar-refractivity contribution in [3.63, 3.8) is 0 Å². The number of hydrogen-bond donors (Lipinski definition) is 2. The van der Waals surface area contributed by atoms with Crippen molar-refractivity contribution < 1.29 is 17.6 Å². The standard InChI is InChI=1S/C16H23FN4O3S.ClH/c17-13-7-14(10-18-9-13)25(23,24)21-6-2-3-12(11-21)8-20-16(22)15-4-1-5-19-15;/h7,9-10,12,15,19H,1-6,8,11H2,(H,20,22);1H. The van der Waals surface area contributed by atoms with Gasteiger partial charge in [-0.05, 0) is 44.2 Å². The Bertz CT molecular complexity index is 728. The SMILES string of the molecule is Cl.O=C(NCC1CCCN(S(=O)(=O)c2cncc(F)c2)C1)C1CCCN1. The van der Waals surface area contributed by atoms with Gasteiger partial charge in [0, 0.05) is 25.8 Å². The molecule has 2 aliphatic heterocycles. The molecule has 0 radical (unpaired) electrons. The number of nitrogens with one attached hydrogen (secondary N) is 2. The molecule has 10 heteroatoms. The fourth-order valence-electron chi connectivity index (χ4n) is 3.37. The highest BCUT2D eigenvalue weighted by Gasteiger charge is 2.31. The molecule has 0 bridgehead atoms. The first-order valence-electron chi connectivity index (χ1n) is 8.58. The van der Waals surface area contributed by atoms with Gasteiger partial charge in [0.05, 0.1) is 12.2 Å². The van der Waals surface area contributed by atoms with Crippen LogP contribution in [-0.4, -0.2) is 55.8 Å². The molecule has 1 aromatic heterocycles. The minimum atomic E-state index is -3.77. The first-order chi connectivity index (χ1) is 12.0. The molecule has 3 heterocycles. The number of pyridine rings is 1. The van der Waals surface area contributed by atoms with Gasteiger partial charge in [-0.3, -0.25) is 9.78 Å². The second-order valence-corrected chi connectivity index (χ2v) is 8.54. The normalized spacial score (nSPS) is 24.0. The van der Waals surface area contributed by atoms with Crippen molar-refractivity contribution in [3.8, 4) is 0 Å². The zero-order valence-electron chi connectivity index (χ0n) is 14.4. The highest BCUT2D eigenvalue weighted by Crippen LogP contribution is 2.23. The molecule has 1 amide bonds. The summed E-state index contributed by atoms with van der Waals surface area (Å²) in [6, 6.07) is 0.848. The Hall–Kier alpha value is -1.29. The number of piperidine rings is 1. The highest BCUT2D eigenvalue weighted by atomic mass is 35.5. The van der Waals surface area contributed by atoms with Crippen LogP contribution >= 0.6 is 12.4 Å². The quantitative estimate of drug-likeness (QED) is 0.758. The van der Waals surface area contributed by atoms with Crippen molar-refractivity contribution >= 4 is 28.3 Å². The van der Waals surface area contributed by atoms with Crippen molar-refractivity contribution in [1.29, 1.82) is 0 Å². The van der Waals surface area contributed by atoms with Crippen molar-refractivity contribution in [1.82, 2.24) is 19.9 Å². The lowest BCUT2D eigenvalue weighted by atomic mass is 9.99. The van der Waals surface area contributed by atoms with Crippen LogP contribution in [0.1, 0.15) is 25.7 Å². The molecule has 0 aromatic carbocycles. The van der Waals surface area contributed by atoms with Gasteiger partial charge in [-0.15, -0.1) is 12.4 Å². The number of rotatable bonds is 5. The molecule has 2 fully saturated rings. The van der Waals surface area contributed by atoms with Gasteiger partial charge < -0.3 is 10.6 Å². The molecule has 3 rings (SSSR count). The van der Waals surface area contributed by atoms with Crippen LogP contribution in [0.15, 0.2) is 23.4 Å². The summed E-state index contributed by atoms with van der Waals surface area (Å²) >= 11 is 0. The third-order valence-corrected chi connectivity index (χ3v) is 6.57. The molecular weight excluding hydrogens is 383 g/mol. The number of halogens is 2. The molecule has 2 saturated heterocycles. The minimum absolute atomic E-state index is 0. The Morgan fingerprint density at radius 3 is 2.85 bits per heavy atom. The van der Waals surface area contributed by atoms with Crippen LogP contribution < -0.4 is 10.6 Å². The minimum Gasteiger partial charge on any atom is -0.354 e. The summed E-state index contributed by atoms with van der Waals surface area (Å²) in [7, 11) is -3.77. The van der Waals surface area contributed by atoms with Crippen LogP contribution in [0.2, 0.25) is 0 Å². The van der Waals surface area contributed by atoms with Gasteiger partial charge in [-0.2, -0.15) is 4.31 Å². The average molecular weight is 407 g/mol. The van der Waals surface area contributed by atoms with Gasteiger partial charge in [0.25, 0.3) is 0 Å². The van der Waals surface area contributed by atoms with E-state index in [2.05, 4.69) is 15.6 Å². The Morgan fingerprint density at radius 2 is 2.15 bits per heavy atom. The Labute approximate surface area is 159 Å². The molecule has 7 nitrogen and oxygen atoms in total. The second kappa shape index (κ2) is 9.07. The number of carbonyl (C=O) groups excluding carboxylic acids is 1. The fourth-order valence-corrected chi connectivity index (χ4v) is 4.90. The summed E-state index contributed by atoms with van der Waals surface area (Å²) in [5.41, 5.74) is 0. The van der Waals surface area contributed by atoms with E-state index in [0.717, 1.165) is 44.3 Å². The Morgan fingerprint density at radius 1 is 1.35 bits per heavy atom. The van der Waals surface area contributed by atoms with E-state index in [1.807, 2.05) is 0 Å². The van der Waals surface area contributed by atoms with E-state index in [9.17, 15) is 17.6 Å². The molecule has 2 atom stereocenters. The summed E-state index contributed by atoms with van der Waals surface area (Å²) in [6.45, 7) is 2.02. The first kappa shape index (κ1) is 21.0. The molecule has 26 heavy (non-hydrogen) atoms. The summed E-state index contributed by atoms with van der Waals surface area (Å²) in [5, 5.41) is 6.06. The maximum atomic E-state index is 13.3. The summed E-state index contributed by atoms with van der Waals surface area (Å²) in [5.74, 6) is -0.645. The van der Waals surface area contributed by atoms with Crippen molar-refractivity contribution in [2.45, 2.75) is 36.6 Å². The smallest absolute Gasteiger partial charge is 0.244 e. The van der Waals surface area contributed by atoms with Gasteiger partial charge in [-0.1, -0.05) is 0 Å². The monoisotopic (exact) mass is 406 g/mol. The van der Waals surface area contributed by atoms with Crippen LogP contribution in [-0.2, 0) is 14.8 Å². The van der Waals surface area contributed by atoms with Crippen LogP contribution in [0.3, 0.4) is 0 Å². The van der Waals surface area contributed by atoms with Gasteiger partial charge in [0.15, 0.2) is 0 Å². The van der Waals surface area contributed by atoms with E-state index >= 15 is 0 Å². The second-order valence-electron chi connectivity index (χ2n) is 6.60. The number of hydrogen-bond acceptors (Lipinski definition) is 5.